The monoisotopic (exact) mass is 352 g/mol. The van der Waals surface area contributed by atoms with Gasteiger partial charge in [-0.2, -0.15) is 0 Å². The summed E-state index contributed by atoms with van der Waals surface area (Å²) in [6.45, 7) is 2.33. The number of hydrogen-bond donors (Lipinski definition) is 0. The number of morpholine rings is 1. The van der Waals surface area contributed by atoms with Crippen LogP contribution in [0.15, 0.2) is 54.6 Å². The Labute approximate surface area is 151 Å². The van der Waals surface area contributed by atoms with Gasteiger partial charge >= 0.3 is 0 Å². The molecule has 2 aromatic carbocycles. The molecule has 0 saturated carbocycles. The van der Waals surface area contributed by atoms with E-state index in [-0.39, 0.29) is 5.91 Å². The van der Waals surface area contributed by atoms with E-state index in [0.717, 1.165) is 16.5 Å². The lowest BCUT2D eigenvalue weighted by Gasteiger charge is -2.27. The Bertz CT molecular complexity index is 922. The molecular formula is C20H17ClN2O2. The number of halogens is 1. The predicted octanol–water partition coefficient (Wildman–Crippen LogP) is 4.03. The summed E-state index contributed by atoms with van der Waals surface area (Å²) in [5, 5.41) is 1.50. The number of nitrogens with zero attached hydrogens (tertiary/aromatic N) is 2. The van der Waals surface area contributed by atoms with Crippen molar-refractivity contribution in [1.82, 2.24) is 9.88 Å². The molecule has 0 bridgehead atoms. The Balaban J connectivity index is 1.88. The molecule has 4 nitrogen and oxygen atoms in total. The number of amides is 1. The number of carbonyl (C=O) groups is 1. The molecule has 0 spiro atoms. The lowest BCUT2D eigenvalue weighted by atomic mass is 10.0. The number of pyridine rings is 1. The van der Waals surface area contributed by atoms with E-state index in [2.05, 4.69) is 0 Å². The van der Waals surface area contributed by atoms with E-state index in [1.165, 1.54) is 0 Å². The molecular weight excluding hydrogens is 336 g/mol. The summed E-state index contributed by atoms with van der Waals surface area (Å²) < 4.78 is 5.36. The highest BCUT2D eigenvalue weighted by Gasteiger charge is 2.23. The van der Waals surface area contributed by atoms with Gasteiger partial charge in [-0.05, 0) is 24.3 Å². The Morgan fingerprint density at radius 1 is 1.04 bits per heavy atom. The molecule has 0 unspecified atom stereocenters. The van der Waals surface area contributed by atoms with E-state index in [1.54, 1.807) is 0 Å². The van der Waals surface area contributed by atoms with Crippen molar-refractivity contribution in [2.45, 2.75) is 0 Å². The second-order valence-corrected chi connectivity index (χ2v) is 6.43. The third kappa shape index (κ3) is 3.23. The molecule has 25 heavy (non-hydrogen) atoms. The van der Waals surface area contributed by atoms with Crippen LogP contribution in [0.2, 0.25) is 5.02 Å². The average Bonchev–Trinajstić information content (AvgIpc) is 2.67. The van der Waals surface area contributed by atoms with Crippen molar-refractivity contribution in [2.75, 3.05) is 26.3 Å². The van der Waals surface area contributed by atoms with Crippen LogP contribution in [0.25, 0.3) is 22.2 Å². The number of fused-ring (bicyclic) bond motifs is 1. The number of hydrogen-bond acceptors (Lipinski definition) is 3. The summed E-state index contributed by atoms with van der Waals surface area (Å²) in [5.74, 6) is -0.0171. The van der Waals surface area contributed by atoms with Gasteiger partial charge in [-0.15, -0.1) is 0 Å². The number of ether oxygens (including phenoxy) is 1. The minimum absolute atomic E-state index is 0.0171. The minimum atomic E-state index is -0.0171. The van der Waals surface area contributed by atoms with Gasteiger partial charge < -0.3 is 9.64 Å². The molecule has 1 saturated heterocycles. The third-order valence-corrected chi connectivity index (χ3v) is 4.59. The largest absolute Gasteiger partial charge is 0.378 e. The van der Waals surface area contributed by atoms with Gasteiger partial charge in [0, 0.05) is 29.1 Å². The Hall–Kier alpha value is -2.43. The zero-order valence-electron chi connectivity index (χ0n) is 13.6. The molecule has 1 fully saturated rings. The van der Waals surface area contributed by atoms with Crippen molar-refractivity contribution in [3.05, 3.63) is 65.2 Å². The second-order valence-electron chi connectivity index (χ2n) is 5.99. The highest BCUT2D eigenvalue weighted by molar-refractivity contribution is 6.31. The second kappa shape index (κ2) is 6.82. The topological polar surface area (TPSA) is 42.4 Å². The van der Waals surface area contributed by atoms with Crippen LogP contribution in [0.4, 0.5) is 0 Å². The van der Waals surface area contributed by atoms with E-state index < -0.39 is 0 Å². The average molecular weight is 353 g/mol. The molecule has 1 aliphatic heterocycles. The van der Waals surface area contributed by atoms with E-state index in [1.807, 2.05) is 59.5 Å². The predicted molar refractivity (Wildman–Crippen MR) is 98.9 cm³/mol. The summed E-state index contributed by atoms with van der Waals surface area (Å²) in [5.41, 5.74) is 3.05. The molecule has 0 radical (unpaired) electrons. The molecule has 126 valence electrons. The van der Waals surface area contributed by atoms with Crippen molar-refractivity contribution < 1.29 is 9.53 Å². The van der Waals surface area contributed by atoms with Gasteiger partial charge in [-0.25, -0.2) is 4.98 Å². The van der Waals surface area contributed by atoms with Crippen molar-refractivity contribution in [1.29, 1.82) is 0 Å². The van der Waals surface area contributed by atoms with Gasteiger partial charge in [0.1, 0.15) is 0 Å². The molecule has 1 aromatic heterocycles. The van der Waals surface area contributed by atoms with Crippen LogP contribution in [0.1, 0.15) is 10.4 Å². The Kier molecular flexibility index (Phi) is 4.38. The minimum Gasteiger partial charge on any atom is -0.378 e. The summed E-state index contributed by atoms with van der Waals surface area (Å²) in [7, 11) is 0. The van der Waals surface area contributed by atoms with Crippen LogP contribution in [-0.4, -0.2) is 42.1 Å². The van der Waals surface area contributed by atoms with Gasteiger partial charge in [0.25, 0.3) is 5.91 Å². The normalized spacial score (nSPS) is 14.7. The number of aromatic nitrogens is 1. The highest BCUT2D eigenvalue weighted by atomic mass is 35.5. The van der Waals surface area contributed by atoms with Crippen LogP contribution < -0.4 is 0 Å². The molecule has 1 amide bonds. The molecule has 5 heteroatoms. The van der Waals surface area contributed by atoms with Crippen molar-refractivity contribution in [3.63, 3.8) is 0 Å². The molecule has 1 aliphatic rings. The number of rotatable bonds is 2. The highest BCUT2D eigenvalue weighted by Crippen LogP contribution is 2.28. The summed E-state index contributed by atoms with van der Waals surface area (Å²) in [6, 6.07) is 17.2. The maximum Gasteiger partial charge on any atom is 0.256 e. The standard InChI is InChI=1S/C20H17ClN2O2/c21-16-6-7-18-15(12-16)13-17(20(24)23-8-10-25-11-9-23)19(22-18)14-4-2-1-3-5-14/h1-7,12-13H,8-11H2. The van der Waals surface area contributed by atoms with Crippen molar-refractivity contribution in [2.24, 2.45) is 0 Å². The maximum absolute atomic E-state index is 13.1. The van der Waals surface area contributed by atoms with Crippen molar-refractivity contribution >= 4 is 28.4 Å². The lowest BCUT2D eigenvalue weighted by molar-refractivity contribution is 0.0303. The van der Waals surface area contributed by atoms with Crippen molar-refractivity contribution in [3.8, 4) is 11.3 Å². The van der Waals surface area contributed by atoms with Crippen LogP contribution >= 0.6 is 11.6 Å². The van der Waals surface area contributed by atoms with Gasteiger partial charge in [-0.3, -0.25) is 4.79 Å². The summed E-state index contributed by atoms with van der Waals surface area (Å²) in [6.07, 6.45) is 0. The first-order valence-electron chi connectivity index (χ1n) is 8.25. The van der Waals surface area contributed by atoms with E-state index >= 15 is 0 Å². The molecule has 0 atom stereocenters. The first-order chi connectivity index (χ1) is 12.2. The van der Waals surface area contributed by atoms with Crippen LogP contribution in [-0.2, 0) is 4.74 Å². The fraction of sp³-hybridized carbons (Fsp3) is 0.200. The van der Waals surface area contributed by atoms with E-state index in [0.29, 0.717) is 42.6 Å². The van der Waals surface area contributed by atoms with Gasteiger partial charge in [0.15, 0.2) is 0 Å². The molecule has 3 aromatic rings. The van der Waals surface area contributed by atoms with Crippen LogP contribution in [0.3, 0.4) is 0 Å². The maximum atomic E-state index is 13.1. The molecule has 0 aliphatic carbocycles. The summed E-state index contributed by atoms with van der Waals surface area (Å²) >= 11 is 6.12. The zero-order chi connectivity index (χ0) is 17.2. The van der Waals surface area contributed by atoms with Crippen LogP contribution in [0, 0.1) is 0 Å². The summed E-state index contributed by atoms with van der Waals surface area (Å²) in [4.78, 5) is 19.7. The number of benzene rings is 2. The SMILES string of the molecule is O=C(c1cc2cc(Cl)ccc2nc1-c1ccccc1)N1CCOCC1. The zero-order valence-corrected chi connectivity index (χ0v) is 14.4. The quantitative estimate of drug-likeness (QED) is 0.699. The first kappa shape index (κ1) is 16.1. The van der Waals surface area contributed by atoms with Gasteiger partial charge in [-0.1, -0.05) is 41.9 Å². The Morgan fingerprint density at radius 3 is 2.56 bits per heavy atom. The van der Waals surface area contributed by atoms with Crippen LogP contribution in [0.5, 0.6) is 0 Å². The molecule has 0 N–H and O–H groups in total. The number of carbonyl (C=O) groups excluding carboxylic acids is 1. The van der Waals surface area contributed by atoms with Gasteiger partial charge in [0.2, 0.25) is 0 Å². The smallest absolute Gasteiger partial charge is 0.256 e. The lowest BCUT2D eigenvalue weighted by Crippen LogP contribution is -2.41. The Morgan fingerprint density at radius 2 is 1.80 bits per heavy atom. The third-order valence-electron chi connectivity index (χ3n) is 4.35. The molecule has 4 rings (SSSR count). The molecule has 2 heterocycles. The first-order valence-corrected chi connectivity index (χ1v) is 8.63. The fourth-order valence-corrected chi connectivity index (χ4v) is 3.24. The van der Waals surface area contributed by atoms with E-state index in [9.17, 15) is 4.79 Å². The fourth-order valence-electron chi connectivity index (χ4n) is 3.06. The van der Waals surface area contributed by atoms with Gasteiger partial charge in [0.05, 0.1) is 30.0 Å². The van der Waals surface area contributed by atoms with E-state index in [4.69, 9.17) is 21.3 Å².